The third kappa shape index (κ3) is 10.3. The SMILES string of the molecule is CCCCCCCCc1cc(N(C)C)ccc1C(=O)O.CCOC(=O)c1ccc(N(C)C)cc1. The van der Waals surface area contributed by atoms with Gasteiger partial charge >= 0.3 is 11.9 Å². The zero-order valence-electron chi connectivity index (χ0n) is 21.8. The third-order valence-electron chi connectivity index (χ3n) is 5.53. The number of carboxylic acids is 1. The summed E-state index contributed by atoms with van der Waals surface area (Å²) in [4.78, 5) is 26.5. The van der Waals surface area contributed by atoms with E-state index < -0.39 is 5.97 Å². The Hall–Kier alpha value is -3.02. The molecule has 0 saturated carbocycles. The first-order valence-corrected chi connectivity index (χ1v) is 12.2. The Bertz CT molecular complexity index is 876. The number of ether oxygens (including phenoxy) is 1. The number of carbonyl (C=O) groups is 2. The third-order valence-corrected chi connectivity index (χ3v) is 5.53. The Balaban J connectivity index is 0.000000362. The highest BCUT2D eigenvalue weighted by atomic mass is 16.5. The Kier molecular flexibility index (Phi) is 13.4. The van der Waals surface area contributed by atoms with E-state index in [1.165, 1.54) is 32.1 Å². The summed E-state index contributed by atoms with van der Waals surface area (Å²) >= 11 is 0. The molecule has 0 aliphatic carbocycles. The highest BCUT2D eigenvalue weighted by Gasteiger charge is 2.11. The van der Waals surface area contributed by atoms with Crippen LogP contribution in [-0.4, -0.2) is 51.8 Å². The number of rotatable bonds is 12. The second-order valence-electron chi connectivity index (χ2n) is 8.72. The molecule has 6 nitrogen and oxygen atoms in total. The van der Waals surface area contributed by atoms with Crippen LogP contribution in [0.3, 0.4) is 0 Å². The lowest BCUT2D eigenvalue weighted by atomic mass is 9.99. The topological polar surface area (TPSA) is 70.1 Å². The molecule has 0 spiro atoms. The van der Waals surface area contributed by atoms with Crippen LogP contribution >= 0.6 is 0 Å². The van der Waals surface area contributed by atoms with Gasteiger partial charge in [-0.25, -0.2) is 9.59 Å². The monoisotopic (exact) mass is 470 g/mol. The summed E-state index contributed by atoms with van der Waals surface area (Å²) in [6.07, 6.45) is 8.22. The van der Waals surface area contributed by atoms with Crippen molar-refractivity contribution in [1.82, 2.24) is 0 Å². The first kappa shape index (κ1) is 29.0. The van der Waals surface area contributed by atoms with Crippen molar-refractivity contribution >= 4 is 23.3 Å². The molecule has 0 aliphatic heterocycles. The number of aromatic carboxylic acids is 1. The largest absolute Gasteiger partial charge is 0.478 e. The summed E-state index contributed by atoms with van der Waals surface area (Å²) in [5, 5.41) is 9.25. The van der Waals surface area contributed by atoms with E-state index in [2.05, 4.69) is 6.92 Å². The number of anilines is 2. The van der Waals surface area contributed by atoms with Crippen LogP contribution in [0.15, 0.2) is 42.5 Å². The summed E-state index contributed by atoms with van der Waals surface area (Å²) < 4.78 is 4.88. The van der Waals surface area contributed by atoms with Gasteiger partial charge in [-0.3, -0.25) is 0 Å². The van der Waals surface area contributed by atoms with Crippen molar-refractivity contribution in [2.75, 3.05) is 44.6 Å². The number of benzene rings is 2. The van der Waals surface area contributed by atoms with E-state index >= 15 is 0 Å². The molecule has 0 saturated heterocycles. The molecule has 0 heterocycles. The Labute approximate surface area is 205 Å². The highest BCUT2D eigenvalue weighted by molar-refractivity contribution is 5.90. The molecule has 34 heavy (non-hydrogen) atoms. The van der Waals surface area contributed by atoms with Crippen LogP contribution in [0.2, 0.25) is 0 Å². The van der Waals surface area contributed by atoms with Gasteiger partial charge in [0.15, 0.2) is 0 Å². The lowest BCUT2D eigenvalue weighted by molar-refractivity contribution is 0.0526. The van der Waals surface area contributed by atoms with Crippen molar-refractivity contribution < 1.29 is 19.4 Å². The number of nitrogens with zero attached hydrogens (tertiary/aromatic N) is 2. The Morgan fingerprint density at radius 1 is 0.794 bits per heavy atom. The van der Waals surface area contributed by atoms with Gasteiger partial charge in [-0.15, -0.1) is 0 Å². The standard InChI is InChI=1S/C17H27NO2.C11H15NO2/c1-4-5-6-7-8-9-10-14-13-15(18(2)3)11-12-16(14)17(19)20;1-4-14-11(13)9-5-7-10(8-6-9)12(2)3/h11-13H,4-10H2,1-3H3,(H,19,20);5-8H,4H2,1-3H3. The van der Waals surface area contributed by atoms with E-state index in [1.54, 1.807) is 25.1 Å². The molecule has 0 aromatic heterocycles. The molecule has 0 amide bonds. The summed E-state index contributed by atoms with van der Waals surface area (Å²) in [5.74, 6) is -1.09. The van der Waals surface area contributed by atoms with Gasteiger partial charge in [-0.2, -0.15) is 0 Å². The van der Waals surface area contributed by atoms with Crippen molar-refractivity contribution in [3.8, 4) is 0 Å². The lowest BCUT2D eigenvalue weighted by Crippen LogP contribution is -2.11. The van der Waals surface area contributed by atoms with Crippen molar-refractivity contribution in [1.29, 1.82) is 0 Å². The minimum absolute atomic E-state index is 0.266. The zero-order chi connectivity index (χ0) is 25.5. The number of carbonyl (C=O) groups excluding carboxylic acids is 1. The van der Waals surface area contributed by atoms with E-state index in [1.807, 2.05) is 62.3 Å². The molecule has 2 aromatic carbocycles. The fourth-order valence-electron chi connectivity index (χ4n) is 3.48. The van der Waals surface area contributed by atoms with Gasteiger partial charge in [0, 0.05) is 39.6 Å². The molecule has 0 radical (unpaired) electrons. The van der Waals surface area contributed by atoms with E-state index in [4.69, 9.17) is 4.74 Å². The first-order valence-electron chi connectivity index (χ1n) is 12.2. The second-order valence-corrected chi connectivity index (χ2v) is 8.72. The van der Waals surface area contributed by atoms with Crippen LogP contribution in [0.4, 0.5) is 11.4 Å². The molecule has 2 rings (SSSR count). The minimum Gasteiger partial charge on any atom is -0.478 e. The minimum atomic E-state index is -0.823. The van der Waals surface area contributed by atoms with E-state index in [-0.39, 0.29) is 5.97 Å². The fraction of sp³-hybridized carbons (Fsp3) is 0.500. The molecular formula is C28H42N2O4. The van der Waals surface area contributed by atoms with Crippen LogP contribution in [0.5, 0.6) is 0 Å². The summed E-state index contributed by atoms with van der Waals surface area (Å²) in [5.41, 5.74) is 4.13. The number of carboxylic acid groups (broad SMARTS) is 1. The van der Waals surface area contributed by atoms with Gasteiger partial charge < -0.3 is 19.6 Å². The van der Waals surface area contributed by atoms with Crippen LogP contribution in [0.25, 0.3) is 0 Å². The van der Waals surface area contributed by atoms with Gasteiger partial charge in [-0.05, 0) is 67.8 Å². The van der Waals surface area contributed by atoms with E-state index in [0.29, 0.717) is 17.7 Å². The zero-order valence-corrected chi connectivity index (χ0v) is 21.8. The molecule has 188 valence electrons. The second kappa shape index (κ2) is 15.8. The van der Waals surface area contributed by atoms with Crippen LogP contribution < -0.4 is 9.80 Å². The number of esters is 1. The molecule has 6 heteroatoms. The lowest BCUT2D eigenvalue weighted by Gasteiger charge is -2.15. The summed E-state index contributed by atoms with van der Waals surface area (Å²) in [6.45, 7) is 4.42. The Morgan fingerprint density at radius 2 is 1.35 bits per heavy atom. The van der Waals surface area contributed by atoms with Crippen LogP contribution in [0, 0.1) is 0 Å². The quantitative estimate of drug-likeness (QED) is 0.291. The molecule has 0 aliphatic rings. The average Bonchev–Trinajstić information content (AvgIpc) is 2.81. The van der Waals surface area contributed by atoms with Gasteiger partial charge in [0.25, 0.3) is 0 Å². The average molecular weight is 471 g/mol. The van der Waals surface area contributed by atoms with E-state index in [0.717, 1.165) is 29.8 Å². The first-order chi connectivity index (χ1) is 16.2. The maximum absolute atomic E-state index is 11.3. The predicted molar refractivity (Wildman–Crippen MR) is 142 cm³/mol. The van der Waals surface area contributed by atoms with E-state index in [9.17, 15) is 14.7 Å². The number of aryl methyl sites for hydroxylation is 1. The van der Waals surface area contributed by atoms with Crippen molar-refractivity contribution in [3.63, 3.8) is 0 Å². The molecule has 1 N–H and O–H groups in total. The normalized spacial score (nSPS) is 10.2. The number of unbranched alkanes of at least 4 members (excludes halogenated alkanes) is 5. The van der Waals surface area contributed by atoms with Gasteiger partial charge in [0.05, 0.1) is 17.7 Å². The number of hydrogen-bond acceptors (Lipinski definition) is 5. The fourth-order valence-corrected chi connectivity index (χ4v) is 3.48. The van der Waals surface area contributed by atoms with Gasteiger partial charge in [-0.1, -0.05) is 39.0 Å². The molecule has 2 aromatic rings. The highest BCUT2D eigenvalue weighted by Crippen LogP contribution is 2.21. The number of hydrogen-bond donors (Lipinski definition) is 1. The molecule has 0 atom stereocenters. The molecule has 0 unspecified atom stereocenters. The predicted octanol–water partition coefficient (Wildman–Crippen LogP) is 6.28. The maximum Gasteiger partial charge on any atom is 0.338 e. The van der Waals surface area contributed by atoms with Crippen LogP contribution in [-0.2, 0) is 11.2 Å². The van der Waals surface area contributed by atoms with Crippen molar-refractivity contribution in [2.45, 2.75) is 58.8 Å². The summed E-state index contributed by atoms with van der Waals surface area (Å²) in [7, 11) is 7.87. The molecule has 0 bridgehead atoms. The van der Waals surface area contributed by atoms with Crippen LogP contribution in [0.1, 0.15) is 78.7 Å². The Morgan fingerprint density at radius 3 is 1.88 bits per heavy atom. The summed E-state index contributed by atoms with van der Waals surface area (Å²) in [6, 6.07) is 12.9. The van der Waals surface area contributed by atoms with Crippen molar-refractivity contribution in [2.24, 2.45) is 0 Å². The molecule has 0 fully saturated rings. The van der Waals surface area contributed by atoms with Gasteiger partial charge in [0.2, 0.25) is 0 Å². The van der Waals surface area contributed by atoms with Gasteiger partial charge in [0.1, 0.15) is 0 Å². The smallest absolute Gasteiger partial charge is 0.338 e. The van der Waals surface area contributed by atoms with Crippen molar-refractivity contribution in [3.05, 3.63) is 59.2 Å². The maximum atomic E-state index is 11.3. The molecular weight excluding hydrogens is 428 g/mol.